The van der Waals surface area contributed by atoms with Gasteiger partial charge in [-0.1, -0.05) is 28.3 Å². The Morgan fingerprint density at radius 1 is 1.32 bits per heavy atom. The fraction of sp³-hybridized carbons (Fsp3) is 0.316. The maximum Gasteiger partial charge on any atom is 0.352 e. The summed E-state index contributed by atoms with van der Waals surface area (Å²) in [6.07, 6.45) is 0.419. The van der Waals surface area contributed by atoms with Crippen LogP contribution in [0.3, 0.4) is 0 Å². The molecule has 2 aliphatic rings. The molecule has 3 N–H and O–H groups in total. The Labute approximate surface area is 230 Å². The SMILES string of the molecule is O=CNc1nc(C(=NOCCOC=O)C(=O)NC2C(=O)N3C(C(=O)O)=C(CSc4nncs4)CS[C@H]23)cs1. The third kappa shape index (κ3) is 6.11. The van der Waals surface area contributed by atoms with Gasteiger partial charge in [0.25, 0.3) is 18.3 Å². The van der Waals surface area contributed by atoms with Crippen molar-refractivity contribution in [2.45, 2.75) is 15.8 Å². The summed E-state index contributed by atoms with van der Waals surface area (Å²) in [4.78, 5) is 69.4. The number of fused-ring (bicyclic) bond motifs is 1. The van der Waals surface area contributed by atoms with Crippen LogP contribution in [-0.4, -0.2) is 97.7 Å². The van der Waals surface area contributed by atoms with Crippen molar-refractivity contribution in [3.63, 3.8) is 0 Å². The normalized spacial score (nSPS) is 18.8. The Balaban J connectivity index is 1.48. The molecule has 2 aliphatic heterocycles. The van der Waals surface area contributed by atoms with Crippen molar-refractivity contribution in [1.29, 1.82) is 0 Å². The average molecular weight is 600 g/mol. The van der Waals surface area contributed by atoms with E-state index in [1.54, 1.807) is 5.51 Å². The number of carbonyl (C=O) groups is 5. The summed E-state index contributed by atoms with van der Waals surface area (Å²) in [7, 11) is 0. The van der Waals surface area contributed by atoms with Crippen LogP contribution >= 0.6 is 46.2 Å². The van der Waals surface area contributed by atoms with Crippen LogP contribution in [0.5, 0.6) is 0 Å². The summed E-state index contributed by atoms with van der Waals surface area (Å²) in [5.41, 5.74) is 1.79. The van der Waals surface area contributed by atoms with Crippen LogP contribution in [0.15, 0.2) is 31.7 Å². The lowest BCUT2D eigenvalue weighted by molar-refractivity contribution is -0.150. The largest absolute Gasteiger partial charge is 0.477 e. The molecule has 4 rings (SSSR count). The number of nitrogens with one attached hydrogen (secondary N) is 2. The van der Waals surface area contributed by atoms with E-state index in [0.29, 0.717) is 27.8 Å². The highest BCUT2D eigenvalue weighted by Gasteiger charge is 2.54. The molecule has 19 heteroatoms. The molecule has 3 amide bonds. The molecule has 1 unspecified atom stereocenters. The summed E-state index contributed by atoms with van der Waals surface area (Å²) in [5.74, 6) is -1.98. The number of carboxylic acid groups (broad SMARTS) is 1. The Morgan fingerprint density at radius 2 is 2.16 bits per heavy atom. The first kappa shape index (κ1) is 27.5. The van der Waals surface area contributed by atoms with E-state index in [1.807, 2.05) is 0 Å². The molecular formula is C19H17N7O8S4. The molecular weight excluding hydrogens is 583 g/mol. The summed E-state index contributed by atoms with van der Waals surface area (Å²) in [6, 6.07) is -1.02. The fourth-order valence-corrected chi connectivity index (χ4v) is 6.95. The molecule has 0 bridgehead atoms. The number of anilines is 1. The van der Waals surface area contributed by atoms with Crippen molar-refractivity contribution >= 4 is 87.7 Å². The molecule has 0 spiro atoms. The van der Waals surface area contributed by atoms with Crippen molar-refractivity contribution in [1.82, 2.24) is 25.4 Å². The first-order valence-corrected chi connectivity index (χ1v) is 14.2. The quantitative estimate of drug-likeness (QED) is 0.0654. The van der Waals surface area contributed by atoms with E-state index >= 15 is 0 Å². The van der Waals surface area contributed by atoms with Gasteiger partial charge >= 0.3 is 5.97 Å². The number of oxime groups is 1. The number of amides is 3. The highest BCUT2D eigenvalue weighted by molar-refractivity contribution is 8.01. The van der Waals surface area contributed by atoms with Gasteiger partial charge in [-0.2, -0.15) is 0 Å². The van der Waals surface area contributed by atoms with E-state index in [-0.39, 0.29) is 41.9 Å². The van der Waals surface area contributed by atoms with Crippen LogP contribution in [0.4, 0.5) is 5.13 Å². The van der Waals surface area contributed by atoms with Gasteiger partial charge in [0, 0.05) is 16.9 Å². The van der Waals surface area contributed by atoms with E-state index in [2.05, 4.69) is 35.7 Å². The first-order valence-electron chi connectivity index (χ1n) is 10.5. The molecule has 38 heavy (non-hydrogen) atoms. The predicted molar refractivity (Wildman–Crippen MR) is 137 cm³/mol. The smallest absolute Gasteiger partial charge is 0.352 e. The number of carbonyl (C=O) groups excluding carboxylic acids is 4. The number of ether oxygens (including phenoxy) is 1. The highest BCUT2D eigenvalue weighted by atomic mass is 32.2. The molecule has 4 heterocycles. The van der Waals surface area contributed by atoms with Crippen molar-refractivity contribution < 1.29 is 38.7 Å². The van der Waals surface area contributed by atoms with Crippen LogP contribution < -0.4 is 10.6 Å². The minimum absolute atomic E-state index is 0.0650. The number of β-lactam (4-membered cyclic amide) rings is 1. The Morgan fingerprint density at radius 3 is 2.87 bits per heavy atom. The number of hydrogen-bond donors (Lipinski definition) is 3. The zero-order valence-electron chi connectivity index (χ0n) is 19.0. The number of carboxylic acids is 1. The molecule has 1 saturated heterocycles. The lowest BCUT2D eigenvalue weighted by Gasteiger charge is -2.49. The van der Waals surface area contributed by atoms with Crippen LogP contribution in [0.2, 0.25) is 0 Å². The minimum Gasteiger partial charge on any atom is -0.477 e. The Kier molecular flexibility index (Phi) is 9.26. The minimum atomic E-state index is -1.24. The van der Waals surface area contributed by atoms with Gasteiger partial charge in [-0.15, -0.1) is 33.3 Å². The van der Waals surface area contributed by atoms with Crippen LogP contribution in [0, 0.1) is 0 Å². The second kappa shape index (κ2) is 12.8. The van der Waals surface area contributed by atoms with Crippen molar-refractivity contribution in [2.75, 3.05) is 30.0 Å². The topological polar surface area (TPSA) is 202 Å². The zero-order valence-corrected chi connectivity index (χ0v) is 22.2. The lowest BCUT2D eigenvalue weighted by Crippen LogP contribution is -2.71. The standard InChI is InChI=1S/C19H17N7O8S4/c27-6-20-18-22-10(5-36-18)11(25-34-2-1-33-8-28)14(29)23-12-15(30)26-13(17(31)32)9(3-35-16(12)26)4-37-19-24-21-7-38-19/h5-8,12,16H,1-4H2,(H,23,29)(H,31,32)(H,20,22,27)/t12?,16-/m1/s1. The van der Waals surface area contributed by atoms with E-state index in [0.717, 1.165) is 16.2 Å². The predicted octanol–water partition coefficient (Wildman–Crippen LogP) is -0.0125. The molecule has 0 saturated carbocycles. The zero-order chi connectivity index (χ0) is 27.1. The number of hydrogen-bond acceptors (Lipinski definition) is 15. The summed E-state index contributed by atoms with van der Waals surface area (Å²) >= 11 is 5.00. The van der Waals surface area contributed by atoms with Crippen LogP contribution in [0.1, 0.15) is 5.69 Å². The van der Waals surface area contributed by atoms with Gasteiger partial charge in [-0.3, -0.25) is 24.1 Å². The summed E-state index contributed by atoms with van der Waals surface area (Å²) in [6.45, 7) is -0.0392. The molecule has 2 atom stereocenters. The summed E-state index contributed by atoms with van der Waals surface area (Å²) < 4.78 is 5.18. The van der Waals surface area contributed by atoms with Gasteiger partial charge in [-0.05, 0) is 5.57 Å². The monoisotopic (exact) mass is 599 g/mol. The highest BCUT2D eigenvalue weighted by Crippen LogP contribution is 2.41. The molecule has 2 aromatic heterocycles. The molecule has 0 radical (unpaired) electrons. The molecule has 0 aliphatic carbocycles. The average Bonchev–Trinajstić information content (AvgIpc) is 3.60. The second-order valence-corrected chi connectivity index (χ2v) is 11.2. The van der Waals surface area contributed by atoms with E-state index in [1.165, 1.54) is 40.2 Å². The van der Waals surface area contributed by atoms with E-state index in [9.17, 15) is 29.1 Å². The van der Waals surface area contributed by atoms with E-state index in [4.69, 9.17) is 4.84 Å². The van der Waals surface area contributed by atoms with Crippen molar-refractivity contribution in [3.05, 3.63) is 27.9 Å². The number of nitrogens with zero attached hydrogens (tertiary/aromatic N) is 5. The summed E-state index contributed by atoms with van der Waals surface area (Å²) in [5, 5.41) is 27.2. The van der Waals surface area contributed by atoms with Crippen LogP contribution in [0.25, 0.3) is 0 Å². The number of thioether (sulfide) groups is 2. The molecule has 2 aromatic rings. The van der Waals surface area contributed by atoms with Gasteiger partial charge < -0.3 is 25.3 Å². The van der Waals surface area contributed by atoms with Gasteiger partial charge in [0.05, 0.1) is 0 Å². The van der Waals surface area contributed by atoms with Crippen LogP contribution in [-0.2, 0) is 33.5 Å². The van der Waals surface area contributed by atoms with Gasteiger partial charge in [-0.25, -0.2) is 9.78 Å². The van der Waals surface area contributed by atoms with Gasteiger partial charge in [0.15, 0.2) is 21.8 Å². The number of aromatic nitrogens is 3. The molecule has 15 nitrogen and oxygen atoms in total. The molecule has 0 aromatic carbocycles. The maximum atomic E-state index is 13.1. The Bertz CT molecular complexity index is 1280. The van der Waals surface area contributed by atoms with Gasteiger partial charge in [0.2, 0.25) is 6.41 Å². The second-order valence-electron chi connectivity index (χ2n) is 7.15. The van der Waals surface area contributed by atoms with Gasteiger partial charge in [0.1, 0.15) is 34.9 Å². The fourth-order valence-electron chi connectivity index (χ4n) is 3.33. The molecule has 1 fully saturated rings. The lowest BCUT2D eigenvalue weighted by atomic mass is 10.0. The Hall–Kier alpha value is -3.55. The third-order valence-corrected chi connectivity index (χ3v) is 8.97. The third-order valence-electron chi connectivity index (χ3n) is 4.91. The van der Waals surface area contributed by atoms with E-state index < -0.39 is 29.2 Å². The van der Waals surface area contributed by atoms with Crippen molar-refractivity contribution in [3.8, 4) is 0 Å². The number of rotatable bonds is 14. The molecule has 200 valence electrons. The first-order chi connectivity index (χ1) is 18.4. The number of aliphatic carboxylic acids is 1. The maximum absolute atomic E-state index is 13.1. The van der Waals surface area contributed by atoms with Crippen molar-refractivity contribution in [2.24, 2.45) is 5.16 Å². The number of thiazole rings is 1.